The topological polar surface area (TPSA) is 457 Å². The molecule has 2 aromatic heterocycles. The Morgan fingerprint density at radius 2 is 0.942 bits per heavy atom. The number of aryl methyl sites for hydroxylation is 2. The van der Waals surface area contributed by atoms with E-state index in [2.05, 4.69) is 22.2 Å². The van der Waals surface area contributed by atoms with Crippen molar-refractivity contribution in [2.45, 2.75) is 210 Å². The highest BCUT2D eigenvalue weighted by molar-refractivity contribution is 7.86. The summed E-state index contributed by atoms with van der Waals surface area (Å²) in [5, 5.41) is 2.11. The molecule has 34 nitrogen and oxygen atoms in total. The van der Waals surface area contributed by atoms with Gasteiger partial charge in [0.1, 0.15) is 12.4 Å². The van der Waals surface area contributed by atoms with Gasteiger partial charge in [-0.05, 0) is 167 Å². The zero-order chi connectivity index (χ0) is 88.3. The number of unbranched alkanes of at least 4 members (excludes halogenated alkanes) is 5. The Bertz CT molecular complexity index is 5420. The SMILES string of the molecule is CCCCN1/C(=C/C=C/C=C/C2=Nc3c(cc(C(=O)NOCCCCCC(=O)ON4C(=O)CCC4=O)c[n+]3CCCS(=O)(=O)[O-])C2(C)C)C(C)(C)c2cc(S(=O)(=O)O)ccc21.CON(C)C(=O)c1cc2c([n+](CCCS(=O)(=O)[O-])c1)N=C(/C=C/C=C/C=C1/N(CCCCCC(=O)ON3C(=O)CCC3=O)c3ccc(S(=O)(=O)O)cc3C1(C)C)C2(C)C. The second kappa shape index (κ2) is 38.7. The molecule has 648 valence electrons. The lowest BCUT2D eigenvalue weighted by atomic mass is 9.81. The number of imide groups is 2. The van der Waals surface area contributed by atoms with Crippen molar-refractivity contribution < 1.29 is 119 Å². The maximum Gasteiger partial charge on any atom is 0.333 e. The fraction of sp³-hybridized carbons (Fsp3) is 0.463. The second-order valence-electron chi connectivity index (χ2n) is 31.6. The van der Waals surface area contributed by atoms with Gasteiger partial charge in [0.15, 0.2) is 11.4 Å². The summed E-state index contributed by atoms with van der Waals surface area (Å²) >= 11 is 0. The molecule has 0 saturated carbocycles. The predicted octanol–water partition coefficient (Wildman–Crippen LogP) is 9.06. The number of hydrogen-bond donors (Lipinski definition) is 3. The van der Waals surface area contributed by atoms with E-state index in [1.165, 1.54) is 44.6 Å². The van der Waals surface area contributed by atoms with E-state index in [0.717, 1.165) is 58.3 Å². The van der Waals surface area contributed by atoms with Crippen LogP contribution < -0.4 is 24.4 Å². The summed E-state index contributed by atoms with van der Waals surface area (Å²) in [7, 11) is -15.0. The number of carbonyl (C=O) groups excluding carboxylic acids is 8. The molecule has 0 radical (unpaired) electrons. The zero-order valence-corrected chi connectivity index (χ0v) is 72.1. The van der Waals surface area contributed by atoms with Crippen molar-refractivity contribution in [3.63, 3.8) is 0 Å². The minimum Gasteiger partial charge on any atom is -0.748 e. The lowest BCUT2D eigenvalue weighted by Gasteiger charge is -2.27. The molecule has 6 aliphatic rings. The number of fused-ring (bicyclic) bond motifs is 4. The van der Waals surface area contributed by atoms with Crippen molar-refractivity contribution in [3.05, 3.63) is 166 Å². The molecule has 38 heteroatoms. The molecule has 6 aliphatic heterocycles. The van der Waals surface area contributed by atoms with Gasteiger partial charge in [0.05, 0.1) is 89.9 Å². The molecule has 2 fully saturated rings. The third kappa shape index (κ3) is 22.9. The number of anilines is 2. The fourth-order valence-corrected chi connectivity index (χ4v) is 16.6. The highest BCUT2D eigenvalue weighted by Crippen LogP contribution is 2.51. The minimum atomic E-state index is -4.48. The summed E-state index contributed by atoms with van der Waals surface area (Å²) in [6, 6.07) is 12.6. The molecular weight excluding hydrogens is 1640 g/mol. The Morgan fingerprint density at radius 3 is 1.35 bits per heavy atom. The van der Waals surface area contributed by atoms with Gasteiger partial charge in [-0.25, -0.2) is 46.1 Å². The highest BCUT2D eigenvalue weighted by atomic mass is 32.2. The van der Waals surface area contributed by atoms with Crippen molar-refractivity contribution in [2.24, 2.45) is 9.98 Å². The second-order valence-corrected chi connectivity index (χ2v) is 37.5. The van der Waals surface area contributed by atoms with Gasteiger partial charge in [0, 0.05) is 104 Å². The molecule has 0 aliphatic carbocycles. The number of nitrogens with zero attached hydrogens (tertiary/aromatic N) is 9. The lowest BCUT2D eigenvalue weighted by Crippen LogP contribution is -2.38. The molecule has 2 aromatic carbocycles. The largest absolute Gasteiger partial charge is 0.748 e. The third-order valence-corrected chi connectivity index (χ3v) is 24.7. The van der Waals surface area contributed by atoms with E-state index in [9.17, 15) is 90.2 Å². The van der Waals surface area contributed by atoms with Gasteiger partial charge in [-0.2, -0.15) is 16.8 Å². The van der Waals surface area contributed by atoms with Gasteiger partial charge in [-0.15, -0.1) is 10.1 Å². The summed E-state index contributed by atoms with van der Waals surface area (Å²) < 4.78 is 139. The van der Waals surface area contributed by atoms with Crippen molar-refractivity contribution in [1.82, 2.24) is 20.7 Å². The molecule has 0 bridgehead atoms. The molecule has 2 saturated heterocycles. The predicted molar refractivity (Wildman–Crippen MR) is 437 cm³/mol. The molecule has 120 heavy (non-hydrogen) atoms. The quantitative estimate of drug-likeness (QED) is 0.00945. The van der Waals surface area contributed by atoms with Crippen LogP contribution in [0.4, 0.5) is 23.0 Å². The van der Waals surface area contributed by atoms with Crippen molar-refractivity contribution in [3.8, 4) is 0 Å². The number of aliphatic imine (C=N–C) groups is 2. The van der Waals surface area contributed by atoms with E-state index in [1.54, 1.807) is 45.7 Å². The Hall–Kier alpha value is -10.2. The summed E-state index contributed by atoms with van der Waals surface area (Å²) in [5.41, 5.74) is 7.99. The summed E-state index contributed by atoms with van der Waals surface area (Å²) in [6.07, 6.45) is 26.7. The van der Waals surface area contributed by atoms with Crippen molar-refractivity contribution >= 4 is 122 Å². The Kier molecular flexibility index (Phi) is 30.2. The minimum absolute atomic E-state index is 0.00611. The summed E-state index contributed by atoms with van der Waals surface area (Å²) in [4.78, 5) is 131. The zero-order valence-electron chi connectivity index (χ0n) is 68.8. The number of aromatic nitrogens is 2. The number of pyridine rings is 2. The first-order valence-corrected chi connectivity index (χ1v) is 45.2. The van der Waals surface area contributed by atoms with Crippen LogP contribution in [0.3, 0.4) is 0 Å². The van der Waals surface area contributed by atoms with Crippen LogP contribution in [-0.2, 0) is 123 Å². The Balaban J connectivity index is 0.000000273. The van der Waals surface area contributed by atoms with Gasteiger partial charge >= 0.3 is 23.6 Å². The van der Waals surface area contributed by atoms with Crippen LogP contribution in [0.5, 0.6) is 0 Å². The molecular formula is C82H102N10O24S4. The maximum absolute atomic E-state index is 13.3. The standard InChI is InChI=1S/C42H53N5O12S2.C40H49N5O12S2/c1-6-7-23-46-33-19-18-30(61(55,56)57)27-31(33)42(4,5)35(46)16-11-8-10-15-34-41(2,3)32-26-29(28-45(39(32)43-34)22-14-25-60(52,53)54)40(51)44-58-24-13-9-12-17-38(50)59-47-36(48)20-21-37(47)49;1-39(2)30-24-27(38(49)42(5)56-6)26-43(21-13-23-58(50,51)52)37(30)41-32(39)14-9-7-10-15-33-40(3,4)29-25-28(59(53,54)55)17-18-31(29)44(33)22-12-8-11-16-36(48)57-45-34(46)19-20-35(45)47/h8,10-11,15-16,18-19,26-28H,6-7,9,12-14,17,20-25H2,1-5H3,(H2-,44,51,52,53,54,55,56,57);7,9-10,14-15,17-18,24-26H,8,11-13,16,19-23H2,1-6H3,(H-,50,51,52,53,54,55). The van der Waals surface area contributed by atoms with Crippen LogP contribution >= 0.6 is 0 Å². The number of hydrogen-bond acceptors (Lipinski definition) is 26. The number of nitrogens with one attached hydrogen (secondary N) is 1. The number of hydroxylamine groups is 7. The average molecular weight is 1740 g/mol. The van der Waals surface area contributed by atoms with Crippen LogP contribution in [0.1, 0.15) is 208 Å². The van der Waals surface area contributed by atoms with Crippen LogP contribution in [-0.4, -0.2) is 171 Å². The van der Waals surface area contributed by atoms with Gasteiger partial charge in [-0.3, -0.25) is 47.5 Å². The summed E-state index contributed by atoms with van der Waals surface area (Å²) in [6.45, 7) is 19.4. The van der Waals surface area contributed by atoms with E-state index < -0.39 is 121 Å². The normalized spacial score (nSPS) is 17.9. The first kappa shape index (κ1) is 93.7. The van der Waals surface area contributed by atoms with E-state index in [4.69, 9.17) is 29.3 Å². The number of allylic oxidation sites excluding steroid dienone is 12. The molecule has 6 amide bonds. The van der Waals surface area contributed by atoms with Gasteiger partial charge in [-0.1, -0.05) is 90.3 Å². The van der Waals surface area contributed by atoms with E-state index in [-0.39, 0.29) is 86.4 Å². The Morgan fingerprint density at radius 1 is 0.533 bits per heavy atom. The molecule has 8 heterocycles. The fourth-order valence-electron chi connectivity index (χ4n) is 14.7. The Labute approximate surface area is 698 Å². The molecule has 10 rings (SSSR count). The smallest absolute Gasteiger partial charge is 0.333 e. The van der Waals surface area contributed by atoms with Crippen molar-refractivity contribution in [1.29, 1.82) is 0 Å². The van der Waals surface area contributed by atoms with E-state index >= 15 is 0 Å². The third-order valence-electron chi connectivity index (χ3n) is 21.4. The molecule has 4 aromatic rings. The lowest BCUT2D eigenvalue weighted by molar-refractivity contribution is -0.684. The summed E-state index contributed by atoms with van der Waals surface area (Å²) in [5.74, 6) is -4.66. The number of benzene rings is 2. The molecule has 0 unspecified atom stereocenters. The van der Waals surface area contributed by atoms with Gasteiger partial charge < -0.3 is 28.6 Å². The monoisotopic (exact) mass is 1740 g/mol. The maximum atomic E-state index is 13.3. The average Bonchev–Trinajstić information content (AvgIpc) is 1.60. The van der Waals surface area contributed by atoms with Crippen molar-refractivity contribution in [2.75, 3.05) is 55.2 Å². The highest BCUT2D eigenvalue weighted by Gasteiger charge is 2.47. The van der Waals surface area contributed by atoms with Crippen LogP contribution in [0, 0.1) is 0 Å². The molecule has 0 atom stereocenters. The number of carbonyl (C=O) groups is 8. The van der Waals surface area contributed by atoms with Gasteiger partial charge in [0.2, 0.25) is 0 Å². The van der Waals surface area contributed by atoms with Crippen LogP contribution in [0.15, 0.2) is 153 Å². The number of amides is 6. The van der Waals surface area contributed by atoms with E-state index in [0.29, 0.717) is 94.9 Å². The first-order valence-electron chi connectivity index (χ1n) is 39.2. The molecule has 0 spiro atoms. The van der Waals surface area contributed by atoms with E-state index in [1.807, 2.05) is 110 Å². The van der Waals surface area contributed by atoms with Gasteiger partial charge in [0.25, 0.3) is 55.7 Å². The molecule has 3 N–H and O–H groups in total. The number of rotatable bonds is 37. The van der Waals surface area contributed by atoms with Crippen LogP contribution in [0.2, 0.25) is 0 Å². The first-order chi connectivity index (χ1) is 56.2. The van der Waals surface area contributed by atoms with Crippen LogP contribution in [0.25, 0.3) is 0 Å².